The van der Waals surface area contributed by atoms with Crippen LogP contribution >= 0.6 is 0 Å². The average molecular weight is 273 g/mol. The van der Waals surface area contributed by atoms with Crippen molar-refractivity contribution >= 4 is 15.8 Å². The van der Waals surface area contributed by atoms with Gasteiger partial charge in [-0.3, -0.25) is 4.79 Å². The Morgan fingerprint density at radius 2 is 2.00 bits per heavy atom. The van der Waals surface area contributed by atoms with Crippen LogP contribution in [0, 0.1) is 17.2 Å². The third-order valence-corrected chi connectivity index (χ3v) is 5.66. The highest BCUT2D eigenvalue weighted by molar-refractivity contribution is 7.92. The molecule has 0 amide bonds. The third kappa shape index (κ3) is 3.98. The Bertz CT molecular complexity index is 424. The Hall–Kier alpha value is -1.09. The minimum absolute atomic E-state index is 0.131. The van der Waals surface area contributed by atoms with Gasteiger partial charge in [0.2, 0.25) is 0 Å². The van der Waals surface area contributed by atoms with Gasteiger partial charge in [-0.2, -0.15) is 5.26 Å². The smallest absolute Gasteiger partial charge is 0.306 e. The standard InChI is InChI=1S/C12H19NO4S/c1-17-12(14)7-8-18(15,16)11-6-4-2-3-5-10(11)9-13/h10-11H,2-8H2,1H3. The lowest BCUT2D eigenvalue weighted by Crippen LogP contribution is -2.31. The Balaban J connectivity index is 2.74. The van der Waals surface area contributed by atoms with Gasteiger partial charge in [0, 0.05) is 0 Å². The Kier molecular flexibility index (Phi) is 5.60. The summed E-state index contributed by atoms with van der Waals surface area (Å²) in [7, 11) is -2.16. The van der Waals surface area contributed by atoms with Gasteiger partial charge >= 0.3 is 5.97 Å². The van der Waals surface area contributed by atoms with E-state index in [0.717, 1.165) is 19.3 Å². The Labute approximate surface area is 108 Å². The number of nitriles is 1. The molecule has 0 bridgehead atoms. The van der Waals surface area contributed by atoms with Gasteiger partial charge in [-0.1, -0.05) is 19.3 Å². The lowest BCUT2D eigenvalue weighted by Gasteiger charge is -2.19. The fourth-order valence-corrected chi connectivity index (χ4v) is 4.31. The fraction of sp³-hybridized carbons (Fsp3) is 0.833. The van der Waals surface area contributed by atoms with Crippen LogP contribution in [0.4, 0.5) is 0 Å². The highest BCUT2D eigenvalue weighted by Crippen LogP contribution is 2.28. The number of rotatable bonds is 4. The van der Waals surface area contributed by atoms with Gasteiger partial charge in [0.15, 0.2) is 9.84 Å². The van der Waals surface area contributed by atoms with E-state index in [2.05, 4.69) is 10.8 Å². The second-order valence-electron chi connectivity index (χ2n) is 4.61. The van der Waals surface area contributed by atoms with Crippen LogP contribution in [0.15, 0.2) is 0 Å². The first kappa shape index (κ1) is 15.0. The molecule has 0 heterocycles. The maximum absolute atomic E-state index is 12.2. The van der Waals surface area contributed by atoms with Crippen LogP contribution in [0.25, 0.3) is 0 Å². The first-order chi connectivity index (χ1) is 8.51. The third-order valence-electron chi connectivity index (χ3n) is 3.40. The lowest BCUT2D eigenvalue weighted by atomic mass is 10.0. The van der Waals surface area contributed by atoms with Crippen molar-refractivity contribution in [2.24, 2.45) is 5.92 Å². The number of nitrogens with zero attached hydrogens (tertiary/aromatic N) is 1. The van der Waals surface area contributed by atoms with Crippen molar-refractivity contribution in [1.82, 2.24) is 0 Å². The quantitative estimate of drug-likeness (QED) is 0.571. The predicted molar refractivity (Wildman–Crippen MR) is 66.4 cm³/mol. The normalized spacial score (nSPS) is 24.9. The number of methoxy groups -OCH3 is 1. The summed E-state index contributed by atoms with van der Waals surface area (Å²) in [4.78, 5) is 11.0. The van der Waals surface area contributed by atoms with Crippen molar-refractivity contribution in [2.45, 2.75) is 43.8 Å². The number of carbonyl (C=O) groups is 1. The summed E-state index contributed by atoms with van der Waals surface area (Å²) in [6, 6.07) is 2.11. The van der Waals surface area contributed by atoms with E-state index in [-0.39, 0.29) is 12.2 Å². The van der Waals surface area contributed by atoms with Crippen molar-refractivity contribution < 1.29 is 17.9 Å². The van der Waals surface area contributed by atoms with E-state index in [0.29, 0.717) is 12.8 Å². The van der Waals surface area contributed by atoms with E-state index in [1.807, 2.05) is 0 Å². The van der Waals surface area contributed by atoms with Gasteiger partial charge in [0.05, 0.1) is 36.5 Å². The molecule has 0 spiro atoms. The molecule has 1 rings (SSSR count). The monoisotopic (exact) mass is 273 g/mol. The van der Waals surface area contributed by atoms with Gasteiger partial charge in [-0.25, -0.2) is 8.42 Å². The van der Waals surface area contributed by atoms with E-state index in [4.69, 9.17) is 5.26 Å². The fourth-order valence-electron chi connectivity index (χ4n) is 2.33. The van der Waals surface area contributed by atoms with Crippen LogP contribution in [0.3, 0.4) is 0 Å². The van der Waals surface area contributed by atoms with Gasteiger partial charge in [0.25, 0.3) is 0 Å². The zero-order chi connectivity index (χ0) is 13.6. The number of ether oxygens (including phenoxy) is 1. The first-order valence-electron chi connectivity index (χ1n) is 6.19. The second-order valence-corrected chi connectivity index (χ2v) is 6.94. The highest BCUT2D eigenvalue weighted by atomic mass is 32.2. The molecule has 0 aromatic heterocycles. The topological polar surface area (TPSA) is 84.2 Å². The van der Waals surface area contributed by atoms with Gasteiger partial charge in [-0.15, -0.1) is 0 Å². The minimum atomic E-state index is -3.40. The van der Waals surface area contributed by atoms with Crippen LogP contribution in [-0.4, -0.2) is 32.5 Å². The zero-order valence-corrected chi connectivity index (χ0v) is 11.4. The average Bonchev–Trinajstić information content (AvgIpc) is 2.61. The van der Waals surface area contributed by atoms with E-state index >= 15 is 0 Å². The van der Waals surface area contributed by atoms with Crippen LogP contribution in [0.1, 0.15) is 38.5 Å². The molecule has 0 N–H and O–H groups in total. The molecular weight excluding hydrogens is 254 g/mol. The lowest BCUT2D eigenvalue weighted by molar-refractivity contribution is -0.140. The molecule has 0 aliphatic heterocycles. The summed E-state index contributed by atoms with van der Waals surface area (Å²) < 4.78 is 28.8. The number of sulfone groups is 1. The Morgan fingerprint density at radius 1 is 1.33 bits per heavy atom. The van der Waals surface area contributed by atoms with Crippen LogP contribution in [0.5, 0.6) is 0 Å². The molecule has 1 aliphatic rings. The molecule has 18 heavy (non-hydrogen) atoms. The summed E-state index contributed by atoms with van der Waals surface area (Å²) in [5.41, 5.74) is 0. The molecule has 1 saturated carbocycles. The van der Waals surface area contributed by atoms with Crippen LogP contribution in [-0.2, 0) is 19.4 Å². The van der Waals surface area contributed by atoms with Crippen molar-refractivity contribution in [1.29, 1.82) is 5.26 Å². The van der Waals surface area contributed by atoms with Crippen LogP contribution in [0.2, 0.25) is 0 Å². The number of carbonyl (C=O) groups excluding carboxylic acids is 1. The SMILES string of the molecule is COC(=O)CCS(=O)(=O)C1CCCCCC1C#N. The van der Waals surface area contributed by atoms with E-state index in [9.17, 15) is 13.2 Å². The van der Waals surface area contributed by atoms with Gasteiger partial charge in [0.1, 0.15) is 0 Å². The number of esters is 1. The minimum Gasteiger partial charge on any atom is -0.469 e. The van der Waals surface area contributed by atoms with Crippen molar-refractivity contribution in [3.05, 3.63) is 0 Å². The summed E-state index contributed by atoms with van der Waals surface area (Å²) in [6.07, 6.45) is 3.75. The van der Waals surface area contributed by atoms with Crippen molar-refractivity contribution in [3.63, 3.8) is 0 Å². The largest absolute Gasteiger partial charge is 0.469 e. The zero-order valence-electron chi connectivity index (χ0n) is 10.6. The molecular formula is C12H19NO4S. The molecule has 0 aromatic rings. The molecule has 1 fully saturated rings. The van der Waals surface area contributed by atoms with Crippen molar-refractivity contribution in [3.8, 4) is 6.07 Å². The number of hydrogen-bond donors (Lipinski definition) is 0. The summed E-state index contributed by atoms with van der Waals surface area (Å²) in [6.45, 7) is 0. The van der Waals surface area contributed by atoms with Gasteiger partial charge in [-0.05, 0) is 12.8 Å². The molecule has 2 atom stereocenters. The molecule has 1 aliphatic carbocycles. The van der Waals surface area contributed by atoms with E-state index in [1.54, 1.807) is 0 Å². The summed E-state index contributed by atoms with van der Waals surface area (Å²) in [5, 5.41) is 8.45. The van der Waals surface area contributed by atoms with Gasteiger partial charge < -0.3 is 4.74 Å². The van der Waals surface area contributed by atoms with Crippen molar-refractivity contribution in [2.75, 3.05) is 12.9 Å². The molecule has 102 valence electrons. The maximum atomic E-state index is 12.2. The predicted octanol–water partition coefficient (Wildman–Crippen LogP) is 1.44. The van der Waals surface area contributed by atoms with E-state index < -0.39 is 27.0 Å². The maximum Gasteiger partial charge on any atom is 0.306 e. The highest BCUT2D eigenvalue weighted by Gasteiger charge is 2.34. The molecule has 2 unspecified atom stereocenters. The van der Waals surface area contributed by atoms with Crippen LogP contribution < -0.4 is 0 Å². The molecule has 5 nitrogen and oxygen atoms in total. The first-order valence-corrected chi connectivity index (χ1v) is 7.91. The molecule has 0 aromatic carbocycles. The van der Waals surface area contributed by atoms with E-state index in [1.165, 1.54) is 7.11 Å². The molecule has 6 heteroatoms. The second kappa shape index (κ2) is 6.74. The summed E-state index contributed by atoms with van der Waals surface area (Å²) >= 11 is 0. The Morgan fingerprint density at radius 3 is 2.61 bits per heavy atom. The number of hydrogen-bond acceptors (Lipinski definition) is 5. The summed E-state index contributed by atoms with van der Waals surface area (Å²) in [5.74, 6) is -1.18. The molecule has 0 radical (unpaired) electrons. The molecule has 0 saturated heterocycles.